The average Bonchev–Trinajstić information content (AvgIpc) is 3.08. The van der Waals surface area contributed by atoms with Crippen molar-refractivity contribution in [3.05, 3.63) is 50.7 Å². The van der Waals surface area contributed by atoms with Gasteiger partial charge in [0.1, 0.15) is 0 Å². The molecule has 0 saturated heterocycles. The molecular weight excluding hydrogens is 541 g/mol. The normalized spacial score (nSPS) is 15.4. The monoisotopic (exact) mass is 558 g/mol. The van der Waals surface area contributed by atoms with Gasteiger partial charge in [0.25, 0.3) is 5.91 Å². The van der Waals surface area contributed by atoms with Gasteiger partial charge in [-0.3, -0.25) is 4.79 Å². The zero-order valence-electron chi connectivity index (χ0n) is 16.3. The average molecular weight is 560 g/mol. The van der Waals surface area contributed by atoms with Crippen molar-refractivity contribution in [3.8, 4) is 11.3 Å². The molecule has 0 atom stereocenters. The summed E-state index contributed by atoms with van der Waals surface area (Å²) >= 11 is 6.57. The van der Waals surface area contributed by atoms with Crippen LogP contribution in [0, 0.1) is 5.92 Å². The van der Waals surface area contributed by atoms with Gasteiger partial charge in [0.05, 0.1) is 10.2 Å². The van der Waals surface area contributed by atoms with Crippen LogP contribution in [0.1, 0.15) is 48.3 Å². The van der Waals surface area contributed by atoms with Crippen LogP contribution in [0.4, 0.5) is 13.2 Å². The third kappa shape index (κ3) is 4.79. The van der Waals surface area contributed by atoms with Crippen molar-refractivity contribution in [2.45, 2.75) is 38.3 Å². The van der Waals surface area contributed by atoms with E-state index in [1.165, 1.54) is 6.42 Å². The fraction of sp³-hybridized carbons (Fsp3) is 0.381. The number of rotatable bonds is 4. The Labute approximate surface area is 193 Å². The van der Waals surface area contributed by atoms with Crippen LogP contribution in [0.25, 0.3) is 16.9 Å². The maximum Gasteiger partial charge on any atom is 0.433 e. The van der Waals surface area contributed by atoms with E-state index in [0.717, 1.165) is 36.2 Å². The number of amides is 1. The van der Waals surface area contributed by atoms with E-state index < -0.39 is 17.8 Å². The van der Waals surface area contributed by atoms with Gasteiger partial charge in [-0.05, 0) is 52.9 Å². The lowest BCUT2D eigenvalue weighted by Crippen LogP contribution is -2.30. The van der Waals surface area contributed by atoms with Crippen LogP contribution in [0.5, 0.6) is 0 Å². The smallest absolute Gasteiger partial charge is 0.350 e. The topological polar surface area (TPSA) is 59.3 Å². The Hall–Kier alpha value is -1.94. The Balaban J connectivity index is 1.72. The Morgan fingerprint density at radius 1 is 1.13 bits per heavy atom. The van der Waals surface area contributed by atoms with Gasteiger partial charge in [-0.1, -0.05) is 47.3 Å². The molecule has 0 aliphatic heterocycles. The number of halogens is 5. The molecule has 1 aliphatic carbocycles. The van der Waals surface area contributed by atoms with Crippen molar-refractivity contribution < 1.29 is 18.0 Å². The van der Waals surface area contributed by atoms with Crippen LogP contribution >= 0.6 is 31.9 Å². The molecule has 0 unspecified atom stereocenters. The molecule has 2 heterocycles. The Morgan fingerprint density at radius 3 is 2.45 bits per heavy atom. The van der Waals surface area contributed by atoms with Gasteiger partial charge < -0.3 is 5.32 Å². The van der Waals surface area contributed by atoms with E-state index >= 15 is 0 Å². The molecule has 0 spiro atoms. The lowest BCUT2D eigenvalue weighted by atomic mass is 9.89. The zero-order chi connectivity index (χ0) is 22.2. The molecule has 0 radical (unpaired) electrons. The van der Waals surface area contributed by atoms with Gasteiger partial charge in [-0.25, -0.2) is 9.50 Å². The summed E-state index contributed by atoms with van der Waals surface area (Å²) in [6.45, 7) is 0.489. The maximum atomic E-state index is 13.8. The van der Waals surface area contributed by atoms with E-state index in [9.17, 15) is 18.0 Å². The highest BCUT2D eigenvalue weighted by atomic mass is 79.9. The molecule has 1 saturated carbocycles. The molecule has 0 bridgehead atoms. The van der Waals surface area contributed by atoms with Gasteiger partial charge in [0.2, 0.25) is 0 Å². The van der Waals surface area contributed by atoms with Crippen LogP contribution < -0.4 is 5.32 Å². The summed E-state index contributed by atoms with van der Waals surface area (Å²) in [5.41, 5.74) is -0.505. The molecular formula is C21H19Br2F3N4O. The molecule has 1 aromatic carbocycles. The van der Waals surface area contributed by atoms with Gasteiger partial charge >= 0.3 is 6.18 Å². The first-order valence-corrected chi connectivity index (χ1v) is 11.5. The number of nitrogens with zero attached hydrogens (tertiary/aromatic N) is 3. The van der Waals surface area contributed by atoms with Crippen molar-refractivity contribution in [1.29, 1.82) is 0 Å². The second-order valence-electron chi connectivity index (χ2n) is 7.64. The number of alkyl halides is 3. The third-order valence-electron chi connectivity index (χ3n) is 5.45. The van der Waals surface area contributed by atoms with E-state index in [4.69, 9.17) is 0 Å². The molecule has 2 aromatic heterocycles. The summed E-state index contributed by atoms with van der Waals surface area (Å²) < 4.78 is 43.0. The van der Waals surface area contributed by atoms with Gasteiger partial charge in [-0.2, -0.15) is 18.3 Å². The molecule has 5 nitrogen and oxygen atoms in total. The van der Waals surface area contributed by atoms with Crippen LogP contribution in [0.3, 0.4) is 0 Å². The molecule has 1 fully saturated rings. The standard InChI is InChI=1S/C21H19Br2F3N4O/c22-14-8-6-13(7-9-14)15-10-16(21(24,25)26)30-19(28-15)17(23)18(29-30)20(31)27-11-12-4-2-1-3-5-12/h6-10,12H,1-5,11H2,(H,27,31). The number of carbonyl (C=O) groups excluding carboxylic acids is 1. The highest BCUT2D eigenvalue weighted by Crippen LogP contribution is 2.35. The van der Waals surface area contributed by atoms with Crippen molar-refractivity contribution in [1.82, 2.24) is 19.9 Å². The number of benzene rings is 1. The Bertz CT molecular complexity index is 1110. The summed E-state index contributed by atoms with van der Waals surface area (Å²) in [7, 11) is 0. The van der Waals surface area contributed by atoms with Crippen LogP contribution in [0.15, 0.2) is 39.3 Å². The van der Waals surface area contributed by atoms with Gasteiger partial charge in [0, 0.05) is 16.6 Å². The van der Waals surface area contributed by atoms with Crippen molar-refractivity contribution >= 4 is 43.4 Å². The lowest BCUT2D eigenvalue weighted by molar-refractivity contribution is -0.142. The predicted octanol–water partition coefficient (Wildman–Crippen LogP) is 6.25. The number of aromatic nitrogens is 3. The predicted molar refractivity (Wildman–Crippen MR) is 118 cm³/mol. The molecule has 1 amide bonds. The summed E-state index contributed by atoms with van der Waals surface area (Å²) in [5.74, 6) is -0.123. The van der Waals surface area contributed by atoms with Crippen molar-refractivity contribution in [2.75, 3.05) is 6.54 Å². The van der Waals surface area contributed by atoms with Gasteiger partial charge in [0.15, 0.2) is 17.0 Å². The maximum absolute atomic E-state index is 13.8. The minimum Gasteiger partial charge on any atom is -0.350 e. The fourth-order valence-corrected chi connectivity index (χ4v) is 4.60. The number of hydrogen-bond acceptors (Lipinski definition) is 3. The lowest BCUT2D eigenvalue weighted by Gasteiger charge is -2.21. The quantitative estimate of drug-likeness (QED) is 0.411. The largest absolute Gasteiger partial charge is 0.433 e. The second kappa shape index (κ2) is 8.90. The number of hydrogen-bond donors (Lipinski definition) is 1. The zero-order valence-corrected chi connectivity index (χ0v) is 19.5. The van der Waals surface area contributed by atoms with Crippen LogP contribution in [-0.4, -0.2) is 27.0 Å². The molecule has 10 heteroatoms. The molecule has 1 N–H and O–H groups in total. The SMILES string of the molecule is O=C(NCC1CCCCC1)c1nn2c(C(F)(F)F)cc(-c3ccc(Br)cc3)nc2c1Br. The summed E-state index contributed by atoms with van der Waals surface area (Å²) in [6.07, 6.45) is 0.889. The van der Waals surface area contributed by atoms with E-state index in [1.54, 1.807) is 24.3 Å². The number of carbonyl (C=O) groups is 1. The summed E-state index contributed by atoms with van der Waals surface area (Å²) in [5, 5.41) is 6.78. The van der Waals surface area contributed by atoms with E-state index in [1.807, 2.05) is 0 Å². The van der Waals surface area contributed by atoms with E-state index in [2.05, 4.69) is 47.3 Å². The Kier molecular flexibility index (Phi) is 6.39. The molecule has 3 aromatic rings. The summed E-state index contributed by atoms with van der Waals surface area (Å²) in [4.78, 5) is 17.1. The van der Waals surface area contributed by atoms with E-state index in [-0.39, 0.29) is 21.5 Å². The number of fused-ring (bicyclic) bond motifs is 1. The third-order valence-corrected chi connectivity index (χ3v) is 6.71. The first-order chi connectivity index (χ1) is 14.7. The minimum absolute atomic E-state index is 0.0597. The van der Waals surface area contributed by atoms with Crippen molar-refractivity contribution in [2.24, 2.45) is 5.92 Å². The van der Waals surface area contributed by atoms with Crippen LogP contribution in [0.2, 0.25) is 0 Å². The molecule has 1 aliphatic rings. The Morgan fingerprint density at radius 2 is 1.81 bits per heavy atom. The first kappa shape index (κ1) is 22.3. The highest BCUT2D eigenvalue weighted by Gasteiger charge is 2.36. The molecule has 4 rings (SSSR count). The first-order valence-electron chi connectivity index (χ1n) is 9.94. The summed E-state index contributed by atoms with van der Waals surface area (Å²) in [6, 6.07) is 7.74. The minimum atomic E-state index is -4.67. The van der Waals surface area contributed by atoms with Crippen LogP contribution in [-0.2, 0) is 6.18 Å². The van der Waals surface area contributed by atoms with Gasteiger partial charge in [-0.15, -0.1) is 0 Å². The number of nitrogens with one attached hydrogen (secondary N) is 1. The fourth-order valence-electron chi connectivity index (χ4n) is 3.82. The molecule has 164 valence electrons. The second-order valence-corrected chi connectivity index (χ2v) is 9.35. The van der Waals surface area contributed by atoms with Crippen molar-refractivity contribution in [3.63, 3.8) is 0 Å². The van der Waals surface area contributed by atoms with E-state index in [0.29, 0.717) is 22.5 Å². The highest BCUT2D eigenvalue weighted by molar-refractivity contribution is 9.11. The molecule has 31 heavy (non-hydrogen) atoms.